The minimum atomic E-state index is -0.904. The van der Waals surface area contributed by atoms with Crippen LogP contribution in [0.5, 0.6) is 0 Å². The van der Waals surface area contributed by atoms with Crippen LogP contribution >= 0.6 is 11.8 Å². The zero-order valence-electron chi connectivity index (χ0n) is 17.5. The third-order valence-corrected chi connectivity index (χ3v) is 5.37. The third-order valence-electron chi connectivity index (χ3n) is 4.79. The molecule has 0 aliphatic carbocycles. The van der Waals surface area contributed by atoms with E-state index in [0.717, 1.165) is 17.7 Å². The summed E-state index contributed by atoms with van der Waals surface area (Å²) in [5, 5.41) is 6.00. The number of nitrogens with one attached hydrogen (secondary N) is 3. The summed E-state index contributed by atoms with van der Waals surface area (Å²) in [5.74, 6) is -2.69. The van der Waals surface area contributed by atoms with Gasteiger partial charge in [-0.1, -0.05) is 11.8 Å². The standard InChI is InChI=1S/C23H18F3N5OS/c1-27-19-10-13(5-6-28-19)21-20(30-23(31-21)33-2)12-3-4-17(26)18(9-12)29-22(32)14-7-15(24)11-16(25)8-14/h3-11H,1-2H3,(H,27,28)(H,29,32)(H,30,31). The third kappa shape index (κ3) is 4.85. The fourth-order valence-corrected chi connectivity index (χ4v) is 3.62. The number of anilines is 2. The Morgan fingerprint density at radius 1 is 1.00 bits per heavy atom. The summed E-state index contributed by atoms with van der Waals surface area (Å²) in [7, 11) is 1.76. The highest BCUT2D eigenvalue weighted by atomic mass is 32.2. The lowest BCUT2D eigenvalue weighted by Crippen LogP contribution is -2.13. The lowest BCUT2D eigenvalue weighted by molar-refractivity contribution is 0.102. The average molecular weight is 469 g/mol. The Morgan fingerprint density at radius 2 is 1.76 bits per heavy atom. The number of H-pyrrole nitrogens is 1. The Labute approximate surface area is 191 Å². The first-order valence-corrected chi connectivity index (χ1v) is 11.0. The second kappa shape index (κ2) is 9.37. The first-order chi connectivity index (χ1) is 15.9. The molecule has 0 spiro atoms. The van der Waals surface area contributed by atoms with Crippen LogP contribution in [0, 0.1) is 17.5 Å². The topological polar surface area (TPSA) is 82.7 Å². The van der Waals surface area contributed by atoms with Crippen LogP contribution in [-0.2, 0) is 0 Å². The number of pyridine rings is 1. The number of hydrogen-bond acceptors (Lipinski definition) is 5. The number of carbonyl (C=O) groups is 1. The molecule has 4 rings (SSSR count). The average Bonchev–Trinajstić information content (AvgIpc) is 3.24. The number of imidazole rings is 1. The smallest absolute Gasteiger partial charge is 0.255 e. The van der Waals surface area contributed by atoms with Gasteiger partial charge in [0.15, 0.2) is 5.16 Å². The highest BCUT2D eigenvalue weighted by molar-refractivity contribution is 7.98. The number of hydrogen-bond donors (Lipinski definition) is 3. The van der Waals surface area contributed by atoms with Crippen molar-refractivity contribution in [2.24, 2.45) is 0 Å². The second-order valence-electron chi connectivity index (χ2n) is 6.96. The molecule has 0 radical (unpaired) electrons. The summed E-state index contributed by atoms with van der Waals surface area (Å²) < 4.78 is 41.4. The van der Waals surface area contributed by atoms with Crippen LogP contribution in [0.25, 0.3) is 22.5 Å². The lowest BCUT2D eigenvalue weighted by Gasteiger charge is -2.10. The maximum atomic E-state index is 14.5. The Balaban J connectivity index is 1.73. The fourth-order valence-electron chi connectivity index (χ4n) is 3.24. The van der Waals surface area contributed by atoms with E-state index in [1.54, 1.807) is 13.2 Å². The van der Waals surface area contributed by atoms with Crippen LogP contribution < -0.4 is 10.6 Å². The van der Waals surface area contributed by atoms with E-state index in [2.05, 4.69) is 25.6 Å². The zero-order chi connectivity index (χ0) is 23.5. The Kier molecular flexibility index (Phi) is 6.36. The van der Waals surface area contributed by atoms with Gasteiger partial charge < -0.3 is 15.6 Å². The zero-order valence-corrected chi connectivity index (χ0v) is 18.4. The minimum absolute atomic E-state index is 0.146. The molecule has 168 valence electrons. The van der Waals surface area contributed by atoms with E-state index < -0.39 is 23.4 Å². The van der Waals surface area contributed by atoms with Gasteiger partial charge in [0.05, 0.1) is 17.1 Å². The molecule has 0 saturated carbocycles. The van der Waals surface area contributed by atoms with Crippen molar-refractivity contribution in [1.29, 1.82) is 0 Å². The van der Waals surface area contributed by atoms with Crippen LogP contribution in [-0.4, -0.2) is 34.2 Å². The van der Waals surface area contributed by atoms with Crippen molar-refractivity contribution in [2.45, 2.75) is 5.16 Å². The van der Waals surface area contributed by atoms with Gasteiger partial charge in [-0.15, -0.1) is 0 Å². The molecule has 4 aromatic rings. The largest absolute Gasteiger partial charge is 0.373 e. The monoisotopic (exact) mass is 469 g/mol. The van der Waals surface area contributed by atoms with Gasteiger partial charge in [0.25, 0.3) is 5.91 Å². The van der Waals surface area contributed by atoms with Gasteiger partial charge in [-0.3, -0.25) is 4.79 Å². The highest BCUT2D eigenvalue weighted by Crippen LogP contribution is 2.34. The van der Waals surface area contributed by atoms with Crippen molar-refractivity contribution in [2.75, 3.05) is 23.9 Å². The SMILES string of the molecule is CNc1cc(-c2[nH]c(SC)nc2-c2ccc(F)c(NC(=O)c3cc(F)cc(F)c3)c2)ccn1. The van der Waals surface area contributed by atoms with E-state index in [4.69, 9.17) is 0 Å². The van der Waals surface area contributed by atoms with Crippen molar-refractivity contribution in [3.63, 3.8) is 0 Å². The van der Waals surface area contributed by atoms with Crippen LogP contribution in [0.3, 0.4) is 0 Å². The molecule has 3 N–H and O–H groups in total. The van der Waals surface area contributed by atoms with Crippen molar-refractivity contribution in [3.8, 4) is 22.5 Å². The Morgan fingerprint density at radius 3 is 2.45 bits per heavy atom. The summed E-state index contributed by atoms with van der Waals surface area (Å²) in [6.45, 7) is 0. The number of aromatic amines is 1. The molecule has 0 unspecified atom stereocenters. The Bertz CT molecular complexity index is 1320. The van der Waals surface area contributed by atoms with E-state index in [-0.39, 0.29) is 11.3 Å². The van der Waals surface area contributed by atoms with E-state index in [9.17, 15) is 18.0 Å². The number of carbonyl (C=O) groups excluding carboxylic acids is 1. The predicted molar refractivity (Wildman–Crippen MR) is 123 cm³/mol. The maximum absolute atomic E-state index is 14.5. The van der Waals surface area contributed by atoms with Crippen molar-refractivity contribution < 1.29 is 18.0 Å². The molecular formula is C23H18F3N5OS. The Hall–Kier alpha value is -3.79. The highest BCUT2D eigenvalue weighted by Gasteiger charge is 2.18. The van der Waals surface area contributed by atoms with E-state index >= 15 is 0 Å². The summed E-state index contributed by atoms with van der Waals surface area (Å²) in [6, 6.07) is 10.2. The van der Waals surface area contributed by atoms with E-state index in [1.165, 1.54) is 30.0 Å². The minimum Gasteiger partial charge on any atom is -0.373 e. The molecule has 0 aliphatic heterocycles. The molecule has 0 fully saturated rings. The molecule has 1 amide bonds. The van der Waals surface area contributed by atoms with Crippen molar-refractivity contribution >= 4 is 29.2 Å². The first kappa shape index (κ1) is 22.4. The number of amides is 1. The molecule has 2 heterocycles. The molecule has 33 heavy (non-hydrogen) atoms. The molecule has 6 nitrogen and oxygen atoms in total. The van der Waals surface area contributed by atoms with Gasteiger partial charge in [-0.05, 0) is 48.7 Å². The molecule has 0 atom stereocenters. The number of halogens is 3. The summed E-state index contributed by atoms with van der Waals surface area (Å²) in [4.78, 5) is 24.5. The van der Waals surface area contributed by atoms with E-state index in [1.807, 2.05) is 18.4 Å². The van der Waals surface area contributed by atoms with E-state index in [0.29, 0.717) is 34.0 Å². The van der Waals surface area contributed by atoms with Gasteiger partial charge in [-0.25, -0.2) is 23.1 Å². The number of aromatic nitrogens is 3. The maximum Gasteiger partial charge on any atom is 0.255 e. The van der Waals surface area contributed by atoms with Crippen molar-refractivity contribution in [3.05, 3.63) is 77.7 Å². The van der Waals surface area contributed by atoms with Gasteiger partial charge in [0, 0.05) is 36.0 Å². The molecular weight excluding hydrogens is 451 g/mol. The number of rotatable bonds is 6. The quantitative estimate of drug-likeness (QED) is 0.322. The lowest BCUT2D eigenvalue weighted by atomic mass is 10.0. The number of thioether (sulfide) groups is 1. The van der Waals surface area contributed by atoms with Crippen molar-refractivity contribution in [1.82, 2.24) is 15.0 Å². The number of benzene rings is 2. The van der Waals surface area contributed by atoms with Crippen LogP contribution in [0.1, 0.15) is 10.4 Å². The fraction of sp³-hybridized carbons (Fsp3) is 0.0870. The van der Waals surface area contributed by atoms with Gasteiger partial charge in [0.2, 0.25) is 0 Å². The normalized spacial score (nSPS) is 10.8. The summed E-state index contributed by atoms with van der Waals surface area (Å²) in [5.41, 5.74) is 2.16. The van der Waals surface area contributed by atoms with Gasteiger partial charge >= 0.3 is 0 Å². The van der Waals surface area contributed by atoms with Crippen LogP contribution in [0.4, 0.5) is 24.7 Å². The summed E-state index contributed by atoms with van der Waals surface area (Å²) >= 11 is 1.41. The molecule has 0 saturated heterocycles. The molecule has 0 bridgehead atoms. The summed E-state index contributed by atoms with van der Waals surface area (Å²) in [6.07, 6.45) is 3.52. The predicted octanol–water partition coefficient (Wildman–Crippen LogP) is 5.57. The first-order valence-electron chi connectivity index (χ1n) is 9.73. The van der Waals surface area contributed by atoms with Gasteiger partial charge in [-0.2, -0.15) is 0 Å². The second-order valence-corrected chi connectivity index (χ2v) is 7.75. The molecule has 0 aliphatic rings. The molecule has 10 heteroatoms. The van der Waals surface area contributed by atoms with Crippen LogP contribution in [0.15, 0.2) is 59.9 Å². The molecule has 2 aromatic heterocycles. The van der Waals surface area contributed by atoms with Gasteiger partial charge in [0.1, 0.15) is 23.3 Å². The van der Waals surface area contributed by atoms with Crippen LogP contribution in [0.2, 0.25) is 0 Å². The number of nitrogens with zero attached hydrogens (tertiary/aromatic N) is 2. The molecule has 2 aromatic carbocycles.